The fourth-order valence-corrected chi connectivity index (χ4v) is 4.65. The summed E-state index contributed by atoms with van der Waals surface area (Å²) < 4.78 is 5.95. The Hall–Kier alpha value is -2.35. The van der Waals surface area contributed by atoms with Crippen molar-refractivity contribution in [3.8, 4) is 11.8 Å². The lowest BCUT2D eigenvalue weighted by atomic mass is 9.66. The molecule has 4 heteroatoms. The predicted octanol–water partition coefficient (Wildman–Crippen LogP) is 4.05. The van der Waals surface area contributed by atoms with E-state index >= 15 is 0 Å². The zero-order valence-corrected chi connectivity index (χ0v) is 15.7. The summed E-state index contributed by atoms with van der Waals surface area (Å²) in [7, 11) is 0. The van der Waals surface area contributed by atoms with Gasteiger partial charge in [-0.2, -0.15) is 5.26 Å². The van der Waals surface area contributed by atoms with Gasteiger partial charge in [-0.3, -0.25) is 5.32 Å². The van der Waals surface area contributed by atoms with Gasteiger partial charge < -0.3 is 9.84 Å². The maximum Gasteiger partial charge on any atom is 0.131 e. The summed E-state index contributed by atoms with van der Waals surface area (Å²) in [6, 6.07) is 17.9. The monoisotopic (exact) mass is 362 g/mol. The van der Waals surface area contributed by atoms with Crippen molar-refractivity contribution in [2.75, 3.05) is 6.61 Å². The lowest BCUT2D eigenvalue weighted by Crippen LogP contribution is -2.41. The van der Waals surface area contributed by atoms with Crippen LogP contribution in [0.5, 0.6) is 5.75 Å². The first-order valence-corrected chi connectivity index (χ1v) is 9.78. The largest absolute Gasteiger partial charge is 0.492 e. The summed E-state index contributed by atoms with van der Waals surface area (Å²) >= 11 is 0. The number of nitrogens with zero attached hydrogens (tertiary/aromatic N) is 1. The molecule has 0 radical (unpaired) electrons. The number of fused-ring (bicyclic) bond motifs is 2. The van der Waals surface area contributed by atoms with Gasteiger partial charge in [0.2, 0.25) is 0 Å². The molecule has 1 saturated carbocycles. The normalized spacial score (nSPS) is 26.0. The number of aliphatic hydroxyl groups is 1. The average Bonchev–Trinajstić information content (AvgIpc) is 3.07. The molecule has 140 valence electrons. The maximum atomic E-state index is 10.5. The van der Waals surface area contributed by atoms with Crippen LogP contribution in [0.4, 0.5) is 0 Å². The molecule has 0 bridgehead atoms. The van der Waals surface area contributed by atoms with Gasteiger partial charge in [0.15, 0.2) is 0 Å². The van der Waals surface area contributed by atoms with Gasteiger partial charge in [-0.25, -0.2) is 0 Å². The number of nitriles is 1. The van der Waals surface area contributed by atoms with Gasteiger partial charge in [-0.1, -0.05) is 30.3 Å². The number of rotatable bonds is 4. The van der Waals surface area contributed by atoms with Crippen LogP contribution in [-0.4, -0.2) is 17.8 Å². The molecule has 27 heavy (non-hydrogen) atoms. The molecular weight excluding hydrogens is 336 g/mol. The Bertz CT molecular complexity index is 832. The van der Waals surface area contributed by atoms with Crippen molar-refractivity contribution in [3.05, 3.63) is 65.2 Å². The highest BCUT2D eigenvalue weighted by Gasteiger charge is 2.43. The number of benzene rings is 2. The van der Waals surface area contributed by atoms with Crippen LogP contribution in [0.2, 0.25) is 0 Å². The minimum Gasteiger partial charge on any atom is -0.492 e. The first-order valence-electron chi connectivity index (χ1n) is 9.78. The summed E-state index contributed by atoms with van der Waals surface area (Å²) in [4.78, 5) is 0. The van der Waals surface area contributed by atoms with Crippen molar-refractivity contribution < 1.29 is 9.84 Å². The molecule has 2 aromatic rings. The lowest BCUT2D eigenvalue weighted by molar-refractivity contribution is 0.0946. The third kappa shape index (κ3) is 3.45. The molecule has 0 amide bonds. The van der Waals surface area contributed by atoms with E-state index in [-0.39, 0.29) is 11.5 Å². The smallest absolute Gasteiger partial charge is 0.131 e. The van der Waals surface area contributed by atoms with Gasteiger partial charge in [-0.05, 0) is 62.3 Å². The number of hydrogen-bond acceptors (Lipinski definition) is 4. The van der Waals surface area contributed by atoms with E-state index in [4.69, 9.17) is 10.00 Å². The summed E-state index contributed by atoms with van der Waals surface area (Å²) in [5, 5.41) is 22.7. The Morgan fingerprint density at radius 2 is 1.85 bits per heavy atom. The zero-order valence-electron chi connectivity index (χ0n) is 15.7. The van der Waals surface area contributed by atoms with Gasteiger partial charge >= 0.3 is 0 Å². The fraction of sp³-hybridized carbons (Fsp3) is 0.435. The molecule has 0 aromatic heterocycles. The van der Waals surface area contributed by atoms with E-state index in [0.717, 1.165) is 43.6 Å². The summed E-state index contributed by atoms with van der Waals surface area (Å²) in [6.07, 6.45) is 3.82. The number of ether oxygens (including phenoxy) is 1. The maximum absolute atomic E-state index is 10.5. The van der Waals surface area contributed by atoms with E-state index in [1.165, 1.54) is 5.56 Å². The molecule has 0 saturated heterocycles. The van der Waals surface area contributed by atoms with Crippen LogP contribution in [0.3, 0.4) is 0 Å². The number of hydrogen-bond donors (Lipinski definition) is 2. The number of aliphatic hydroxyl groups excluding tert-OH is 1. The third-order valence-corrected chi connectivity index (χ3v) is 6.43. The van der Waals surface area contributed by atoms with E-state index in [1.807, 2.05) is 18.2 Å². The molecule has 1 aliphatic heterocycles. The van der Waals surface area contributed by atoms with E-state index in [0.29, 0.717) is 11.5 Å². The molecule has 1 fully saturated rings. The van der Waals surface area contributed by atoms with Crippen LogP contribution < -0.4 is 10.1 Å². The van der Waals surface area contributed by atoms with Crippen molar-refractivity contribution in [1.29, 1.82) is 5.26 Å². The molecule has 4 nitrogen and oxygen atoms in total. The molecule has 2 atom stereocenters. The van der Waals surface area contributed by atoms with Crippen LogP contribution in [0.15, 0.2) is 48.5 Å². The highest BCUT2D eigenvalue weighted by atomic mass is 16.5. The number of para-hydroxylation sites is 1. The molecular formula is C23H26N2O2. The Balaban J connectivity index is 1.36. The first kappa shape index (κ1) is 18.0. The van der Waals surface area contributed by atoms with Crippen LogP contribution in [0.1, 0.15) is 55.5 Å². The average molecular weight is 362 g/mol. The second kappa shape index (κ2) is 7.34. The second-order valence-corrected chi connectivity index (χ2v) is 7.99. The van der Waals surface area contributed by atoms with Crippen molar-refractivity contribution in [2.45, 2.75) is 50.3 Å². The third-order valence-electron chi connectivity index (χ3n) is 6.43. The predicted molar refractivity (Wildman–Crippen MR) is 104 cm³/mol. The summed E-state index contributed by atoms with van der Waals surface area (Å²) in [6.45, 7) is 2.96. The van der Waals surface area contributed by atoms with Gasteiger partial charge in [0.25, 0.3) is 0 Å². The van der Waals surface area contributed by atoms with E-state index in [1.54, 1.807) is 12.1 Å². The minimum atomic E-state index is -0.709. The van der Waals surface area contributed by atoms with Gasteiger partial charge in [0.1, 0.15) is 12.0 Å². The second-order valence-electron chi connectivity index (χ2n) is 7.99. The highest BCUT2D eigenvalue weighted by Crippen LogP contribution is 2.49. The molecule has 2 aliphatic rings. The van der Waals surface area contributed by atoms with Crippen LogP contribution in [0.25, 0.3) is 0 Å². The molecule has 2 aromatic carbocycles. The van der Waals surface area contributed by atoms with E-state index < -0.39 is 6.23 Å². The molecule has 2 unspecified atom stereocenters. The molecule has 1 spiro atoms. The molecule has 1 aliphatic carbocycles. The minimum absolute atomic E-state index is 0.179. The van der Waals surface area contributed by atoms with Crippen molar-refractivity contribution in [2.24, 2.45) is 5.92 Å². The van der Waals surface area contributed by atoms with Crippen LogP contribution in [0, 0.1) is 17.2 Å². The fourth-order valence-electron chi connectivity index (χ4n) is 4.65. The van der Waals surface area contributed by atoms with Crippen molar-refractivity contribution in [1.82, 2.24) is 5.32 Å². The molecule has 1 heterocycles. The first-order chi connectivity index (χ1) is 13.1. The number of nitrogens with one attached hydrogen (secondary N) is 1. The van der Waals surface area contributed by atoms with E-state index in [2.05, 4.69) is 36.5 Å². The topological polar surface area (TPSA) is 65.3 Å². The Labute approximate surface area is 160 Å². The Morgan fingerprint density at radius 1 is 1.15 bits per heavy atom. The van der Waals surface area contributed by atoms with Crippen molar-refractivity contribution in [3.63, 3.8) is 0 Å². The van der Waals surface area contributed by atoms with Crippen LogP contribution in [-0.2, 0) is 5.41 Å². The zero-order chi connectivity index (χ0) is 18.9. The summed E-state index contributed by atoms with van der Waals surface area (Å²) in [5.74, 6) is 1.59. The summed E-state index contributed by atoms with van der Waals surface area (Å²) in [5.41, 5.74) is 2.96. The molecule has 2 N–H and O–H groups in total. The molecule has 4 rings (SSSR count). The van der Waals surface area contributed by atoms with Gasteiger partial charge in [-0.15, -0.1) is 0 Å². The van der Waals surface area contributed by atoms with Crippen molar-refractivity contribution >= 4 is 0 Å². The lowest BCUT2D eigenvalue weighted by Gasteiger charge is -2.39. The Kier molecular flexibility index (Phi) is 4.90. The quantitative estimate of drug-likeness (QED) is 0.806. The van der Waals surface area contributed by atoms with E-state index in [9.17, 15) is 5.11 Å². The highest BCUT2D eigenvalue weighted by molar-refractivity contribution is 5.43. The SMILES string of the molecule is CC(NC(O)c1ccc(C#N)cc1)C1CCC2(CC1)COc1ccccc12. The van der Waals surface area contributed by atoms with Gasteiger partial charge in [0.05, 0.1) is 18.2 Å². The van der Waals surface area contributed by atoms with Crippen LogP contribution >= 0.6 is 0 Å². The Morgan fingerprint density at radius 3 is 2.56 bits per heavy atom. The standard InChI is InChI=1S/C23H26N2O2/c1-16(25-22(26)19-8-6-17(14-24)7-9-19)18-10-12-23(13-11-18)15-27-21-5-3-2-4-20(21)23/h2-9,16,18,22,25-26H,10-13,15H2,1H3. The van der Waals surface area contributed by atoms with Gasteiger partial charge in [0, 0.05) is 17.0 Å².